The smallest absolute Gasteiger partial charge is 0.228 e. The zero-order valence-corrected chi connectivity index (χ0v) is 11.1. The summed E-state index contributed by atoms with van der Waals surface area (Å²) >= 11 is 0. The van der Waals surface area contributed by atoms with Gasteiger partial charge in [0.25, 0.3) is 0 Å². The molecule has 0 unspecified atom stereocenters. The molecule has 0 aliphatic heterocycles. The van der Waals surface area contributed by atoms with E-state index in [2.05, 4.69) is 11.9 Å². The van der Waals surface area contributed by atoms with Gasteiger partial charge in [-0.05, 0) is 31.9 Å². The van der Waals surface area contributed by atoms with Gasteiger partial charge in [-0.3, -0.25) is 4.79 Å². The molecular weight excluding hydrogens is 224 g/mol. The Morgan fingerprint density at radius 1 is 1.33 bits per heavy atom. The summed E-state index contributed by atoms with van der Waals surface area (Å²) in [5, 5.41) is 0. The van der Waals surface area contributed by atoms with Crippen molar-refractivity contribution in [2.75, 3.05) is 0 Å². The van der Waals surface area contributed by atoms with Crippen molar-refractivity contribution in [1.82, 2.24) is 9.55 Å². The van der Waals surface area contributed by atoms with E-state index in [-0.39, 0.29) is 5.78 Å². The van der Waals surface area contributed by atoms with Crippen LogP contribution in [0.25, 0.3) is 0 Å². The summed E-state index contributed by atoms with van der Waals surface area (Å²) in [6, 6.07) is 5.93. The second kappa shape index (κ2) is 5.17. The lowest BCUT2D eigenvalue weighted by Crippen LogP contribution is -2.12. The first-order chi connectivity index (χ1) is 8.63. The van der Waals surface area contributed by atoms with Crippen molar-refractivity contribution >= 4 is 5.78 Å². The third-order valence-electron chi connectivity index (χ3n) is 3.02. The molecule has 0 spiro atoms. The third kappa shape index (κ3) is 2.35. The molecule has 0 saturated carbocycles. The zero-order chi connectivity index (χ0) is 13.1. The number of ketones is 1. The molecule has 0 saturated heterocycles. The van der Waals surface area contributed by atoms with Gasteiger partial charge in [-0.15, -0.1) is 0 Å². The van der Waals surface area contributed by atoms with Gasteiger partial charge in [-0.1, -0.05) is 24.6 Å². The van der Waals surface area contributed by atoms with Crippen molar-refractivity contribution < 1.29 is 4.79 Å². The Hall–Kier alpha value is -1.90. The van der Waals surface area contributed by atoms with E-state index in [1.165, 1.54) is 0 Å². The predicted molar refractivity (Wildman–Crippen MR) is 71.9 cm³/mol. The number of carbonyl (C=O) groups excluding carboxylic acids is 1. The second-order valence-electron chi connectivity index (χ2n) is 4.59. The number of benzene rings is 1. The fourth-order valence-corrected chi connectivity index (χ4v) is 2.04. The first-order valence-electron chi connectivity index (χ1n) is 6.26. The van der Waals surface area contributed by atoms with Crippen LogP contribution in [0, 0.1) is 13.8 Å². The summed E-state index contributed by atoms with van der Waals surface area (Å²) in [6.07, 6.45) is 4.54. The highest BCUT2D eigenvalue weighted by molar-refractivity contribution is 6.07. The quantitative estimate of drug-likeness (QED) is 0.772. The first-order valence-corrected chi connectivity index (χ1v) is 6.26. The maximum absolute atomic E-state index is 12.5. The van der Waals surface area contributed by atoms with Crippen molar-refractivity contribution in [2.45, 2.75) is 33.7 Å². The average molecular weight is 242 g/mol. The van der Waals surface area contributed by atoms with Gasteiger partial charge in [-0.2, -0.15) is 0 Å². The van der Waals surface area contributed by atoms with E-state index < -0.39 is 0 Å². The molecule has 2 rings (SSSR count). The molecule has 1 aromatic heterocycles. The van der Waals surface area contributed by atoms with Crippen molar-refractivity contribution in [3.05, 3.63) is 53.1 Å². The number of nitrogens with zero attached hydrogens (tertiary/aromatic N) is 2. The standard InChI is InChI=1S/C15H18N2O/c1-4-8-17-9-7-16-15(17)14(18)13-10-11(2)5-6-12(13)3/h5-7,9-10H,4,8H2,1-3H3. The first kappa shape index (κ1) is 12.6. The molecular formula is C15H18N2O. The molecule has 94 valence electrons. The molecule has 3 nitrogen and oxygen atoms in total. The van der Waals surface area contributed by atoms with Gasteiger partial charge < -0.3 is 4.57 Å². The summed E-state index contributed by atoms with van der Waals surface area (Å²) in [5.74, 6) is 0.542. The molecule has 0 atom stereocenters. The van der Waals surface area contributed by atoms with Gasteiger partial charge in [-0.25, -0.2) is 4.98 Å². The van der Waals surface area contributed by atoms with E-state index in [0.717, 1.165) is 29.7 Å². The maximum Gasteiger partial charge on any atom is 0.228 e. The number of imidazole rings is 1. The second-order valence-corrected chi connectivity index (χ2v) is 4.59. The number of hydrogen-bond acceptors (Lipinski definition) is 2. The lowest BCUT2D eigenvalue weighted by molar-refractivity contribution is 0.102. The Morgan fingerprint density at radius 3 is 2.83 bits per heavy atom. The highest BCUT2D eigenvalue weighted by Crippen LogP contribution is 2.15. The molecule has 0 bridgehead atoms. The Kier molecular flexibility index (Phi) is 3.60. The molecule has 0 aliphatic rings. The lowest BCUT2D eigenvalue weighted by Gasteiger charge is -2.08. The highest BCUT2D eigenvalue weighted by atomic mass is 16.1. The van der Waals surface area contributed by atoms with Gasteiger partial charge in [0, 0.05) is 24.5 Å². The SMILES string of the molecule is CCCn1ccnc1C(=O)c1cc(C)ccc1C. The largest absolute Gasteiger partial charge is 0.328 e. The fraction of sp³-hybridized carbons (Fsp3) is 0.333. The van der Waals surface area contributed by atoms with Gasteiger partial charge >= 0.3 is 0 Å². The molecule has 0 aliphatic carbocycles. The molecule has 0 amide bonds. The van der Waals surface area contributed by atoms with Gasteiger partial charge in [0.05, 0.1) is 0 Å². The minimum Gasteiger partial charge on any atom is -0.328 e. The minimum atomic E-state index is 0.00894. The van der Waals surface area contributed by atoms with Crippen LogP contribution >= 0.6 is 0 Å². The monoisotopic (exact) mass is 242 g/mol. The minimum absolute atomic E-state index is 0.00894. The molecule has 0 N–H and O–H groups in total. The van der Waals surface area contributed by atoms with Crippen LogP contribution in [0.4, 0.5) is 0 Å². The fourth-order valence-electron chi connectivity index (χ4n) is 2.04. The summed E-state index contributed by atoms with van der Waals surface area (Å²) in [7, 11) is 0. The van der Waals surface area contributed by atoms with Crippen molar-refractivity contribution in [1.29, 1.82) is 0 Å². The number of rotatable bonds is 4. The normalized spacial score (nSPS) is 10.6. The van der Waals surface area contributed by atoms with Crippen LogP contribution in [0.3, 0.4) is 0 Å². The van der Waals surface area contributed by atoms with Crippen LogP contribution in [0.5, 0.6) is 0 Å². The van der Waals surface area contributed by atoms with E-state index >= 15 is 0 Å². The summed E-state index contributed by atoms with van der Waals surface area (Å²) in [4.78, 5) is 16.7. The van der Waals surface area contributed by atoms with Crippen LogP contribution in [-0.4, -0.2) is 15.3 Å². The number of aryl methyl sites for hydroxylation is 3. The van der Waals surface area contributed by atoms with E-state index in [1.54, 1.807) is 6.20 Å². The summed E-state index contributed by atoms with van der Waals surface area (Å²) in [5.41, 5.74) is 2.84. The van der Waals surface area contributed by atoms with Crippen LogP contribution in [0.1, 0.15) is 40.7 Å². The van der Waals surface area contributed by atoms with Crippen LogP contribution in [0.2, 0.25) is 0 Å². The predicted octanol–water partition coefficient (Wildman–Crippen LogP) is 3.14. The summed E-state index contributed by atoms with van der Waals surface area (Å²) in [6.45, 7) is 6.87. The van der Waals surface area contributed by atoms with E-state index in [4.69, 9.17) is 0 Å². The van der Waals surface area contributed by atoms with Gasteiger partial charge in [0.1, 0.15) is 0 Å². The molecule has 18 heavy (non-hydrogen) atoms. The van der Waals surface area contributed by atoms with Gasteiger partial charge in [0.2, 0.25) is 5.78 Å². The highest BCUT2D eigenvalue weighted by Gasteiger charge is 2.16. The van der Waals surface area contributed by atoms with Crippen molar-refractivity contribution in [2.24, 2.45) is 0 Å². The molecule has 0 radical (unpaired) electrons. The van der Waals surface area contributed by atoms with Crippen LogP contribution < -0.4 is 0 Å². The van der Waals surface area contributed by atoms with E-state index in [9.17, 15) is 4.79 Å². The zero-order valence-electron chi connectivity index (χ0n) is 11.1. The van der Waals surface area contributed by atoms with E-state index in [0.29, 0.717) is 5.82 Å². The molecule has 3 heteroatoms. The number of carbonyl (C=O) groups is 1. The maximum atomic E-state index is 12.5. The summed E-state index contributed by atoms with van der Waals surface area (Å²) < 4.78 is 1.92. The Morgan fingerprint density at radius 2 is 2.11 bits per heavy atom. The van der Waals surface area contributed by atoms with E-state index in [1.807, 2.05) is 42.8 Å². The Bertz CT molecular complexity index is 570. The Balaban J connectivity index is 2.41. The Labute approximate surface area is 107 Å². The number of hydrogen-bond donors (Lipinski definition) is 0. The van der Waals surface area contributed by atoms with Crippen molar-refractivity contribution in [3.8, 4) is 0 Å². The molecule has 1 aromatic carbocycles. The molecule has 2 aromatic rings. The van der Waals surface area contributed by atoms with Crippen molar-refractivity contribution in [3.63, 3.8) is 0 Å². The van der Waals surface area contributed by atoms with Crippen LogP contribution in [-0.2, 0) is 6.54 Å². The third-order valence-corrected chi connectivity index (χ3v) is 3.02. The number of aromatic nitrogens is 2. The van der Waals surface area contributed by atoms with Crippen LogP contribution in [0.15, 0.2) is 30.6 Å². The lowest BCUT2D eigenvalue weighted by atomic mass is 10.0. The average Bonchev–Trinajstić information content (AvgIpc) is 2.80. The molecule has 0 fully saturated rings. The topological polar surface area (TPSA) is 34.9 Å². The van der Waals surface area contributed by atoms with Gasteiger partial charge in [0.15, 0.2) is 5.82 Å². The molecule has 1 heterocycles.